The van der Waals surface area contributed by atoms with E-state index in [0.29, 0.717) is 11.6 Å². The lowest BCUT2D eigenvalue weighted by atomic mass is 9.82. The molecule has 3 aliphatic rings. The Morgan fingerprint density at radius 3 is 3.05 bits per heavy atom. The van der Waals surface area contributed by atoms with Gasteiger partial charge in [0.25, 0.3) is 0 Å². The number of aromatic nitrogens is 2. The summed E-state index contributed by atoms with van der Waals surface area (Å²) in [5, 5.41) is 5.03. The Morgan fingerprint density at radius 1 is 1.41 bits per heavy atom. The molecule has 5 nitrogen and oxygen atoms in total. The summed E-state index contributed by atoms with van der Waals surface area (Å²) in [6.45, 7) is 1.94. The van der Waals surface area contributed by atoms with Crippen LogP contribution in [0.4, 0.5) is 5.82 Å². The van der Waals surface area contributed by atoms with Crippen LogP contribution in [0.25, 0.3) is 0 Å². The minimum absolute atomic E-state index is 0.0157. The van der Waals surface area contributed by atoms with Gasteiger partial charge in [-0.2, -0.15) is 5.10 Å². The first-order valence-electron chi connectivity index (χ1n) is 7.38. The summed E-state index contributed by atoms with van der Waals surface area (Å²) in [5.74, 6) is 1.22. The molecule has 2 aliphatic heterocycles. The predicted octanol–water partition coefficient (Wildman–Crippen LogP) is 3.13. The zero-order valence-corrected chi connectivity index (χ0v) is 12.9. The molecule has 0 saturated heterocycles. The average molecular weight is 315 g/mol. The second-order valence-corrected chi connectivity index (χ2v) is 6.28. The molecule has 0 bridgehead atoms. The number of allylic oxidation sites excluding steroid dienone is 3. The summed E-state index contributed by atoms with van der Waals surface area (Å²) in [6, 6.07) is 1.93. The normalized spacial score (nSPS) is 29.7. The van der Waals surface area contributed by atoms with Gasteiger partial charge in [0.15, 0.2) is 17.8 Å². The number of halogens is 1. The minimum atomic E-state index is -0.223. The molecule has 3 unspecified atom stereocenters. The quantitative estimate of drug-likeness (QED) is 0.799. The van der Waals surface area contributed by atoms with Crippen molar-refractivity contribution in [2.45, 2.75) is 25.9 Å². The molecule has 0 spiro atoms. The highest BCUT2D eigenvalue weighted by molar-refractivity contribution is 6.66. The van der Waals surface area contributed by atoms with Gasteiger partial charge in [0.1, 0.15) is 5.17 Å². The van der Waals surface area contributed by atoms with Crippen molar-refractivity contribution >= 4 is 34.6 Å². The zero-order chi connectivity index (χ0) is 15.3. The van der Waals surface area contributed by atoms with Crippen LogP contribution in [0.1, 0.15) is 24.7 Å². The Labute approximate surface area is 133 Å². The highest BCUT2D eigenvalue weighted by Gasteiger charge is 2.33. The molecular weight excluding hydrogens is 300 g/mol. The first-order chi connectivity index (χ1) is 10.6. The van der Waals surface area contributed by atoms with Crippen LogP contribution in [-0.2, 0) is 4.79 Å². The third-order valence-corrected chi connectivity index (χ3v) is 4.67. The van der Waals surface area contributed by atoms with E-state index in [0.717, 1.165) is 23.5 Å². The third kappa shape index (κ3) is 2.16. The van der Waals surface area contributed by atoms with Crippen molar-refractivity contribution in [2.75, 3.05) is 0 Å². The third-order valence-electron chi connectivity index (χ3n) is 4.32. The fourth-order valence-electron chi connectivity index (χ4n) is 3.18. The SMILES string of the molecule is Cc1cc2n(n1)C1N=C(Cl)C(C3C=CC(=O)CC3)C=C1C=N2. The lowest BCUT2D eigenvalue weighted by Gasteiger charge is -2.30. The van der Waals surface area contributed by atoms with Gasteiger partial charge in [-0.25, -0.2) is 14.7 Å². The van der Waals surface area contributed by atoms with Crippen molar-refractivity contribution in [2.24, 2.45) is 21.8 Å². The van der Waals surface area contributed by atoms with E-state index in [1.54, 1.807) is 10.8 Å². The Balaban J connectivity index is 1.69. The molecule has 3 heterocycles. The van der Waals surface area contributed by atoms with E-state index in [9.17, 15) is 4.79 Å². The number of carbonyl (C=O) groups excluding carboxylic acids is 1. The fourth-order valence-corrected chi connectivity index (χ4v) is 3.50. The number of rotatable bonds is 1. The van der Waals surface area contributed by atoms with E-state index in [-0.39, 0.29) is 23.8 Å². The molecule has 6 heteroatoms. The van der Waals surface area contributed by atoms with Crippen LogP contribution in [0.2, 0.25) is 0 Å². The molecule has 0 saturated carbocycles. The average Bonchev–Trinajstić information content (AvgIpc) is 2.89. The van der Waals surface area contributed by atoms with Gasteiger partial charge in [0.05, 0.1) is 5.69 Å². The molecule has 112 valence electrons. The molecule has 0 radical (unpaired) electrons. The smallest absolute Gasteiger partial charge is 0.171 e. The largest absolute Gasteiger partial charge is 0.295 e. The number of hydrogen-bond donors (Lipinski definition) is 0. The molecule has 0 amide bonds. The minimum Gasteiger partial charge on any atom is -0.295 e. The Bertz CT molecular complexity index is 771. The zero-order valence-electron chi connectivity index (χ0n) is 12.1. The Hall–Kier alpha value is -2.01. The maximum absolute atomic E-state index is 11.3. The van der Waals surface area contributed by atoms with Crippen LogP contribution < -0.4 is 0 Å². The van der Waals surface area contributed by atoms with E-state index >= 15 is 0 Å². The molecule has 0 fully saturated rings. The summed E-state index contributed by atoms with van der Waals surface area (Å²) >= 11 is 6.45. The van der Waals surface area contributed by atoms with Crippen LogP contribution in [0.15, 0.2) is 39.9 Å². The van der Waals surface area contributed by atoms with Gasteiger partial charge in [0, 0.05) is 30.2 Å². The van der Waals surface area contributed by atoms with Crippen LogP contribution in [0, 0.1) is 18.8 Å². The number of nitrogens with zero attached hydrogens (tertiary/aromatic N) is 4. The monoisotopic (exact) mass is 314 g/mol. The summed E-state index contributed by atoms with van der Waals surface area (Å²) < 4.78 is 1.81. The van der Waals surface area contributed by atoms with Gasteiger partial charge < -0.3 is 0 Å². The van der Waals surface area contributed by atoms with Crippen LogP contribution >= 0.6 is 11.6 Å². The molecule has 1 aromatic heterocycles. The topological polar surface area (TPSA) is 59.6 Å². The van der Waals surface area contributed by atoms with Crippen LogP contribution in [0.5, 0.6) is 0 Å². The second-order valence-electron chi connectivity index (χ2n) is 5.89. The molecular formula is C16H15ClN4O. The van der Waals surface area contributed by atoms with Crippen molar-refractivity contribution in [1.82, 2.24) is 9.78 Å². The molecule has 1 aliphatic carbocycles. The summed E-state index contributed by atoms with van der Waals surface area (Å²) in [7, 11) is 0. The van der Waals surface area contributed by atoms with Gasteiger partial charge in [0.2, 0.25) is 0 Å². The Morgan fingerprint density at radius 2 is 2.27 bits per heavy atom. The molecule has 0 N–H and O–H groups in total. The van der Waals surface area contributed by atoms with Crippen molar-refractivity contribution in [3.8, 4) is 0 Å². The second kappa shape index (κ2) is 5.02. The van der Waals surface area contributed by atoms with Crippen molar-refractivity contribution in [3.05, 3.63) is 35.6 Å². The van der Waals surface area contributed by atoms with E-state index in [1.165, 1.54) is 0 Å². The summed E-state index contributed by atoms with van der Waals surface area (Å²) in [4.78, 5) is 20.4. The number of aliphatic imine (C=N–C) groups is 2. The van der Waals surface area contributed by atoms with Crippen LogP contribution in [0.3, 0.4) is 0 Å². The molecule has 4 rings (SSSR count). The lowest BCUT2D eigenvalue weighted by molar-refractivity contribution is -0.115. The van der Waals surface area contributed by atoms with Gasteiger partial charge in [-0.15, -0.1) is 0 Å². The number of aryl methyl sites for hydroxylation is 1. The first-order valence-corrected chi connectivity index (χ1v) is 7.76. The number of dihydropyridines is 1. The van der Waals surface area contributed by atoms with E-state index < -0.39 is 0 Å². The predicted molar refractivity (Wildman–Crippen MR) is 85.9 cm³/mol. The molecule has 22 heavy (non-hydrogen) atoms. The fraction of sp³-hybridized carbons (Fsp3) is 0.375. The van der Waals surface area contributed by atoms with E-state index in [1.807, 2.05) is 25.3 Å². The van der Waals surface area contributed by atoms with Crippen molar-refractivity contribution in [1.29, 1.82) is 0 Å². The number of ketones is 1. The van der Waals surface area contributed by atoms with E-state index in [4.69, 9.17) is 11.6 Å². The number of fused-ring (bicyclic) bond motifs is 3. The van der Waals surface area contributed by atoms with E-state index in [2.05, 4.69) is 21.2 Å². The summed E-state index contributed by atoms with van der Waals surface area (Å²) in [6.07, 6.45) is 8.74. The van der Waals surface area contributed by atoms with Gasteiger partial charge >= 0.3 is 0 Å². The Kier molecular flexibility index (Phi) is 3.11. The molecule has 3 atom stereocenters. The molecule has 1 aromatic rings. The maximum atomic E-state index is 11.3. The van der Waals surface area contributed by atoms with Gasteiger partial charge in [-0.05, 0) is 25.3 Å². The maximum Gasteiger partial charge on any atom is 0.171 e. The summed E-state index contributed by atoms with van der Waals surface area (Å²) in [5.41, 5.74) is 1.92. The standard InChI is InChI=1S/C16H15ClN4O/c1-9-6-14-18-8-11-7-13(10-2-4-12(22)5-3-10)15(17)19-16(11)21(14)20-9/h2,4,6-8,10,13,16H,3,5H2,1H3. The van der Waals surface area contributed by atoms with Gasteiger partial charge in [-0.3, -0.25) is 4.79 Å². The lowest BCUT2D eigenvalue weighted by Crippen LogP contribution is -2.28. The number of hydrogen-bond acceptors (Lipinski definition) is 4. The highest BCUT2D eigenvalue weighted by Crippen LogP contribution is 2.38. The highest BCUT2D eigenvalue weighted by atomic mass is 35.5. The van der Waals surface area contributed by atoms with Gasteiger partial charge in [-0.1, -0.05) is 23.8 Å². The first kappa shape index (κ1) is 13.6. The van der Waals surface area contributed by atoms with Crippen molar-refractivity contribution < 1.29 is 4.79 Å². The van der Waals surface area contributed by atoms with Crippen LogP contribution in [-0.4, -0.2) is 26.9 Å². The number of carbonyl (C=O) groups is 1. The molecule has 0 aromatic carbocycles. The van der Waals surface area contributed by atoms with Crippen molar-refractivity contribution in [3.63, 3.8) is 0 Å².